The molecule has 2 saturated carbocycles. The van der Waals surface area contributed by atoms with Gasteiger partial charge in [0.25, 0.3) is 0 Å². The van der Waals surface area contributed by atoms with Gasteiger partial charge in [-0.1, -0.05) is 32.0 Å². The fraction of sp³-hybridized carbons (Fsp3) is 0.724. The predicted octanol–water partition coefficient (Wildman–Crippen LogP) is 4.57. The van der Waals surface area contributed by atoms with Crippen LogP contribution in [-0.4, -0.2) is 59.4 Å². The minimum Gasteiger partial charge on any atom is -0.364 e. The molecule has 2 atom stereocenters. The topological polar surface area (TPSA) is 43.9 Å². The Morgan fingerprint density at radius 3 is 2.21 bits per heavy atom. The third-order valence-electron chi connectivity index (χ3n) is 10.1. The van der Waals surface area contributed by atoms with Crippen LogP contribution in [0.2, 0.25) is 0 Å². The second-order valence-electron chi connectivity index (χ2n) is 12.2. The highest BCUT2D eigenvalue weighted by Crippen LogP contribution is 2.52. The SMILES string of the molecule is CC(C)C1CCC(N2CCC3(CC2)C2C(=O)N(CC4CC4)C(=O)C2CN3c2ccccc2)CC1. The number of para-hydroxylation sites is 1. The lowest BCUT2D eigenvalue weighted by Crippen LogP contribution is -2.59. The second kappa shape index (κ2) is 8.65. The maximum atomic E-state index is 13.8. The maximum Gasteiger partial charge on any atom is 0.235 e. The monoisotopic (exact) mass is 463 g/mol. The van der Waals surface area contributed by atoms with Crippen LogP contribution in [0.25, 0.3) is 0 Å². The molecule has 1 spiro atoms. The Hall–Kier alpha value is -1.88. The fourth-order valence-corrected chi connectivity index (χ4v) is 7.83. The lowest BCUT2D eigenvalue weighted by Gasteiger charge is -2.50. The van der Waals surface area contributed by atoms with E-state index in [4.69, 9.17) is 0 Å². The molecule has 3 heterocycles. The van der Waals surface area contributed by atoms with E-state index in [1.807, 2.05) is 0 Å². The summed E-state index contributed by atoms with van der Waals surface area (Å²) in [6.07, 6.45) is 9.66. The van der Waals surface area contributed by atoms with Gasteiger partial charge in [-0.25, -0.2) is 0 Å². The summed E-state index contributed by atoms with van der Waals surface area (Å²) in [5.41, 5.74) is 0.958. The van der Waals surface area contributed by atoms with Crippen molar-refractivity contribution >= 4 is 17.5 Å². The smallest absolute Gasteiger partial charge is 0.235 e. The Labute approximate surface area is 204 Å². The van der Waals surface area contributed by atoms with E-state index in [0.29, 0.717) is 25.0 Å². The zero-order chi connectivity index (χ0) is 23.4. The van der Waals surface area contributed by atoms with E-state index in [1.165, 1.54) is 44.2 Å². The largest absolute Gasteiger partial charge is 0.364 e. The van der Waals surface area contributed by atoms with Gasteiger partial charge in [0.05, 0.1) is 17.4 Å². The first-order valence-corrected chi connectivity index (χ1v) is 13.9. The van der Waals surface area contributed by atoms with Crippen LogP contribution in [0.3, 0.4) is 0 Å². The van der Waals surface area contributed by atoms with E-state index in [0.717, 1.165) is 37.8 Å². The van der Waals surface area contributed by atoms with Crippen molar-refractivity contribution in [2.45, 2.75) is 76.8 Å². The summed E-state index contributed by atoms with van der Waals surface area (Å²) >= 11 is 0. The number of rotatable bonds is 5. The Balaban J connectivity index is 1.23. The highest BCUT2D eigenvalue weighted by atomic mass is 16.2. The van der Waals surface area contributed by atoms with Gasteiger partial charge in [0.2, 0.25) is 11.8 Å². The minimum absolute atomic E-state index is 0.106. The highest BCUT2D eigenvalue weighted by molar-refractivity contribution is 6.07. The number of imide groups is 1. The molecule has 5 nitrogen and oxygen atoms in total. The van der Waals surface area contributed by atoms with E-state index >= 15 is 0 Å². The molecule has 2 unspecified atom stereocenters. The lowest BCUT2D eigenvalue weighted by molar-refractivity contribution is -0.141. The van der Waals surface area contributed by atoms with Gasteiger partial charge in [-0.3, -0.25) is 14.5 Å². The maximum absolute atomic E-state index is 13.8. The van der Waals surface area contributed by atoms with Crippen LogP contribution in [0.4, 0.5) is 5.69 Å². The van der Waals surface area contributed by atoms with E-state index in [-0.39, 0.29) is 29.2 Å². The van der Waals surface area contributed by atoms with Gasteiger partial charge in [0.1, 0.15) is 0 Å². The van der Waals surface area contributed by atoms with Crippen molar-refractivity contribution in [2.24, 2.45) is 29.6 Å². The minimum atomic E-state index is -0.220. The lowest BCUT2D eigenvalue weighted by atomic mass is 9.73. The van der Waals surface area contributed by atoms with E-state index in [1.54, 1.807) is 4.90 Å². The van der Waals surface area contributed by atoms with Gasteiger partial charge in [-0.2, -0.15) is 0 Å². The van der Waals surface area contributed by atoms with Crippen molar-refractivity contribution in [1.29, 1.82) is 0 Å². The van der Waals surface area contributed by atoms with Crippen LogP contribution in [0.15, 0.2) is 30.3 Å². The quantitative estimate of drug-likeness (QED) is 0.600. The summed E-state index contributed by atoms with van der Waals surface area (Å²) in [5, 5.41) is 0. The Morgan fingerprint density at radius 1 is 0.912 bits per heavy atom. The Kier molecular flexibility index (Phi) is 5.75. The standard InChI is InChI=1S/C29H41N3O2/c1-20(2)22-10-12-23(13-11-22)30-16-14-29(15-17-30)26-25(19-32(29)24-6-4-3-5-7-24)27(33)31(28(26)34)18-21-8-9-21/h3-7,20-23,25-26H,8-19H2,1-2H3. The van der Waals surface area contributed by atoms with Crippen molar-refractivity contribution in [3.8, 4) is 0 Å². The molecule has 184 valence electrons. The second-order valence-corrected chi connectivity index (χ2v) is 12.2. The molecule has 5 fully saturated rings. The third kappa shape index (κ3) is 3.70. The molecule has 1 aromatic rings. The first-order chi connectivity index (χ1) is 16.5. The van der Waals surface area contributed by atoms with Crippen molar-refractivity contribution in [3.63, 3.8) is 0 Å². The number of hydrogen-bond donors (Lipinski definition) is 0. The van der Waals surface area contributed by atoms with E-state index in [2.05, 4.69) is 54.0 Å². The summed E-state index contributed by atoms with van der Waals surface area (Å²) < 4.78 is 0. The zero-order valence-corrected chi connectivity index (χ0v) is 21.0. The molecule has 5 heteroatoms. The van der Waals surface area contributed by atoms with Crippen molar-refractivity contribution < 1.29 is 9.59 Å². The van der Waals surface area contributed by atoms with Gasteiger partial charge in [0, 0.05) is 37.9 Å². The van der Waals surface area contributed by atoms with Gasteiger partial charge >= 0.3 is 0 Å². The van der Waals surface area contributed by atoms with Crippen LogP contribution >= 0.6 is 0 Å². The van der Waals surface area contributed by atoms with Gasteiger partial charge < -0.3 is 9.80 Å². The van der Waals surface area contributed by atoms with Gasteiger partial charge in [-0.05, 0) is 81.3 Å². The van der Waals surface area contributed by atoms with Crippen LogP contribution in [0.1, 0.15) is 65.2 Å². The Bertz CT molecular complexity index is 911. The molecule has 1 aromatic carbocycles. The number of benzene rings is 1. The summed E-state index contributed by atoms with van der Waals surface area (Å²) in [4.78, 5) is 34.0. The molecule has 5 aliphatic rings. The highest BCUT2D eigenvalue weighted by Gasteiger charge is 2.65. The Morgan fingerprint density at radius 2 is 1.59 bits per heavy atom. The normalized spacial score (nSPS) is 33.9. The first-order valence-electron chi connectivity index (χ1n) is 13.9. The molecule has 34 heavy (non-hydrogen) atoms. The summed E-state index contributed by atoms with van der Waals surface area (Å²) in [5.74, 6) is 2.13. The zero-order valence-electron chi connectivity index (χ0n) is 21.0. The molecule has 0 N–H and O–H groups in total. The van der Waals surface area contributed by atoms with Crippen molar-refractivity contribution in [3.05, 3.63) is 30.3 Å². The average Bonchev–Trinajstić information content (AvgIpc) is 3.59. The summed E-state index contributed by atoms with van der Waals surface area (Å²) in [6, 6.07) is 11.3. The fourth-order valence-electron chi connectivity index (χ4n) is 7.83. The number of piperidine rings is 1. The molecule has 0 radical (unpaired) electrons. The molecule has 2 amide bonds. The van der Waals surface area contributed by atoms with Gasteiger partial charge in [0.15, 0.2) is 0 Å². The van der Waals surface area contributed by atoms with E-state index in [9.17, 15) is 9.59 Å². The molecule has 3 saturated heterocycles. The molecular formula is C29H41N3O2. The molecular weight excluding hydrogens is 422 g/mol. The number of anilines is 1. The molecule has 0 bridgehead atoms. The third-order valence-corrected chi connectivity index (χ3v) is 10.1. The number of carbonyl (C=O) groups is 2. The van der Waals surface area contributed by atoms with Crippen molar-refractivity contribution in [2.75, 3.05) is 31.1 Å². The van der Waals surface area contributed by atoms with Crippen LogP contribution < -0.4 is 4.90 Å². The number of nitrogens with zero attached hydrogens (tertiary/aromatic N) is 3. The van der Waals surface area contributed by atoms with Crippen LogP contribution in [0.5, 0.6) is 0 Å². The first kappa shape index (κ1) is 22.6. The number of fused-ring (bicyclic) bond motifs is 2. The van der Waals surface area contributed by atoms with E-state index < -0.39 is 0 Å². The molecule has 0 aromatic heterocycles. The number of likely N-dealkylation sites (tertiary alicyclic amines) is 2. The van der Waals surface area contributed by atoms with Crippen molar-refractivity contribution in [1.82, 2.24) is 9.80 Å². The summed E-state index contributed by atoms with van der Waals surface area (Å²) in [7, 11) is 0. The number of hydrogen-bond acceptors (Lipinski definition) is 4. The number of amides is 2. The van der Waals surface area contributed by atoms with Crippen LogP contribution in [-0.2, 0) is 9.59 Å². The molecule has 6 rings (SSSR count). The molecule has 3 aliphatic heterocycles. The molecule has 2 aliphatic carbocycles. The predicted molar refractivity (Wildman–Crippen MR) is 134 cm³/mol. The van der Waals surface area contributed by atoms with Gasteiger partial charge in [-0.15, -0.1) is 0 Å². The summed E-state index contributed by atoms with van der Waals surface area (Å²) in [6.45, 7) is 8.20. The number of carbonyl (C=O) groups excluding carboxylic acids is 2. The van der Waals surface area contributed by atoms with Crippen LogP contribution in [0, 0.1) is 29.6 Å². The average molecular weight is 464 g/mol.